The summed E-state index contributed by atoms with van der Waals surface area (Å²) in [4.78, 5) is 17.0. The number of anilines is 2. The lowest BCUT2D eigenvalue weighted by Crippen LogP contribution is -2.26. The largest absolute Gasteiger partial charge is 0.368 e. The molecule has 1 heterocycles. The smallest absolute Gasteiger partial charge is 0.229 e. The van der Waals surface area contributed by atoms with E-state index in [1.165, 1.54) is 11.1 Å². The molecule has 0 amide bonds. The molecule has 2 rings (SSSR count). The first kappa shape index (κ1) is 16.2. The van der Waals surface area contributed by atoms with Crippen molar-refractivity contribution < 1.29 is 0 Å². The molecular formula is C16H24N6. The second kappa shape index (κ2) is 6.70. The Morgan fingerprint density at radius 3 is 2.41 bits per heavy atom. The lowest BCUT2D eigenvalue weighted by atomic mass is 10.1. The number of nitrogens with zero attached hydrogens (tertiary/aromatic N) is 5. The Hall–Kier alpha value is -2.21. The Morgan fingerprint density at radius 2 is 1.77 bits per heavy atom. The molecule has 118 valence electrons. The summed E-state index contributed by atoms with van der Waals surface area (Å²) in [5, 5.41) is 0. The van der Waals surface area contributed by atoms with Crippen LogP contribution < -0.4 is 10.6 Å². The molecule has 1 unspecified atom stereocenters. The number of nitrogens with two attached hydrogens (primary N) is 1. The van der Waals surface area contributed by atoms with E-state index in [1.807, 2.05) is 19.0 Å². The minimum absolute atomic E-state index is 0.0450. The van der Waals surface area contributed by atoms with Crippen LogP contribution in [-0.2, 0) is 6.54 Å². The van der Waals surface area contributed by atoms with E-state index < -0.39 is 0 Å². The van der Waals surface area contributed by atoms with E-state index in [9.17, 15) is 0 Å². The first-order chi connectivity index (χ1) is 10.4. The van der Waals surface area contributed by atoms with E-state index in [0.29, 0.717) is 11.8 Å². The van der Waals surface area contributed by atoms with Gasteiger partial charge in [0.2, 0.25) is 11.9 Å². The molecule has 0 fully saturated rings. The summed E-state index contributed by atoms with van der Waals surface area (Å²) >= 11 is 0. The predicted octanol–water partition coefficient (Wildman–Crippen LogP) is 2.02. The molecule has 22 heavy (non-hydrogen) atoms. The SMILES string of the molecule is Cc1ccccc1CN(C)C(C)c1nc(N)nc(N(C)C)n1. The highest BCUT2D eigenvalue weighted by Gasteiger charge is 2.18. The standard InChI is InChI=1S/C16H24N6/c1-11-8-6-7-9-13(11)10-22(5)12(2)14-18-15(17)20-16(19-14)21(3)4/h6-9,12H,10H2,1-5H3,(H2,17,18,19,20). The molecule has 2 aromatic rings. The molecular weight excluding hydrogens is 276 g/mol. The van der Waals surface area contributed by atoms with Gasteiger partial charge < -0.3 is 10.6 Å². The third-order valence-corrected chi connectivity index (χ3v) is 3.77. The summed E-state index contributed by atoms with van der Waals surface area (Å²) in [5.41, 5.74) is 8.39. The topological polar surface area (TPSA) is 71.2 Å². The summed E-state index contributed by atoms with van der Waals surface area (Å²) in [6, 6.07) is 8.43. The van der Waals surface area contributed by atoms with E-state index in [-0.39, 0.29) is 12.0 Å². The molecule has 0 saturated carbocycles. The second-order valence-corrected chi connectivity index (χ2v) is 5.76. The van der Waals surface area contributed by atoms with Gasteiger partial charge in [-0.05, 0) is 32.0 Å². The maximum Gasteiger partial charge on any atom is 0.229 e. The lowest BCUT2D eigenvalue weighted by Gasteiger charge is -2.25. The molecule has 0 saturated heterocycles. The summed E-state index contributed by atoms with van der Waals surface area (Å²) in [7, 11) is 5.84. The number of hydrogen-bond acceptors (Lipinski definition) is 6. The number of aromatic nitrogens is 3. The van der Waals surface area contributed by atoms with E-state index >= 15 is 0 Å². The van der Waals surface area contributed by atoms with Crippen molar-refractivity contribution >= 4 is 11.9 Å². The van der Waals surface area contributed by atoms with Crippen LogP contribution in [0.4, 0.5) is 11.9 Å². The van der Waals surface area contributed by atoms with Gasteiger partial charge in [0, 0.05) is 20.6 Å². The monoisotopic (exact) mass is 300 g/mol. The van der Waals surface area contributed by atoms with Gasteiger partial charge in [0.25, 0.3) is 0 Å². The maximum atomic E-state index is 5.80. The Kier molecular flexibility index (Phi) is 4.92. The highest BCUT2D eigenvalue weighted by Crippen LogP contribution is 2.20. The zero-order valence-corrected chi connectivity index (χ0v) is 13.9. The first-order valence-corrected chi connectivity index (χ1v) is 7.32. The molecule has 0 radical (unpaired) electrons. The average Bonchev–Trinajstić information content (AvgIpc) is 2.48. The fourth-order valence-corrected chi connectivity index (χ4v) is 2.17. The van der Waals surface area contributed by atoms with E-state index in [0.717, 1.165) is 6.54 Å². The van der Waals surface area contributed by atoms with Crippen LogP contribution in [0, 0.1) is 6.92 Å². The predicted molar refractivity (Wildman–Crippen MR) is 89.6 cm³/mol. The minimum Gasteiger partial charge on any atom is -0.368 e. The molecule has 1 aromatic heterocycles. The van der Waals surface area contributed by atoms with Crippen molar-refractivity contribution in [1.82, 2.24) is 19.9 Å². The molecule has 6 heteroatoms. The third kappa shape index (κ3) is 3.71. The van der Waals surface area contributed by atoms with Crippen LogP contribution in [0.1, 0.15) is 29.9 Å². The van der Waals surface area contributed by atoms with Gasteiger partial charge in [-0.25, -0.2) is 0 Å². The normalized spacial score (nSPS) is 12.5. The van der Waals surface area contributed by atoms with Crippen molar-refractivity contribution in [2.45, 2.75) is 26.4 Å². The van der Waals surface area contributed by atoms with Gasteiger partial charge >= 0.3 is 0 Å². The quantitative estimate of drug-likeness (QED) is 0.911. The third-order valence-electron chi connectivity index (χ3n) is 3.77. The summed E-state index contributed by atoms with van der Waals surface area (Å²) in [5.74, 6) is 1.52. The second-order valence-electron chi connectivity index (χ2n) is 5.76. The Morgan fingerprint density at radius 1 is 1.09 bits per heavy atom. The van der Waals surface area contributed by atoms with Crippen LogP contribution in [0.2, 0.25) is 0 Å². The molecule has 0 bridgehead atoms. The lowest BCUT2D eigenvalue weighted by molar-refractivity contribution is 0.243. The molecule has 0 spiro atoms. The van der Waals surface area contributed by atoms with E-state index in [4.69, 9.17) is 5.73 Å². The van der Waals surface area contributed by atoms with Crippen molar-refractivity contribution in [2.24, 2.45) is 0 Å². The van der Waals surface area contributed by atoms with Gasteiger partial charge in [-0.1, -0.05) is 24.3 Å². The Labute approximate surface area is 132 Å². The molecule has 0 aliphatic rings. The number of nitrogen functional groups attached to an aromatic ring is 1. The van der Waals surface area contributed by atoms with Gasteiger partial charge in [0.05, 0.1) is 6.04 Å². The zero-order valence-electron chi connectivity index (χ0n) is 13.9. The number of benzene rings is 1. The van der Waals surface area contributed by atoms with Crippen molar-refractivity contribution in [3.05, 3.63) is 41.2 Å². The van der Waals surface area contributed by atoms with Crippen LogP contribution >= 0.6 is 0 Å². The Balaban J connectivity index is 2.20. The minimum atomic E-state index is 0.0450. The van der Waals surface area contributed by atoms with Crippen molar-refractivity contribution in [1.29, 1.82) is 0 Å². The van der Waals surface area contributed by atoms with E-state index in [1.54, 1.807) is 0 Å². The zero-order chi connectivity index (χ0) is 16.3. The molecule has 1 aromatic carbocycles. The van der Waals surface area contributed by atoms with Gasteiger partial charge in [-0.2, -0.15) is 15.0 Å². The van der Waals surface area contributed by atoms with Crippen molar-refractivity contribution in [2.75, 3.05) is 31.8 Å². The van der Waals surface area contributed by atoms with Crippen molar-refractivity contribution in [3.63, 3.8) is 0 Å². The van der Waals surface area contributed by atoms with Crippen LogP contribution in [0.25, 0.3) is 0 Å². The first-order valence-electron chi connectivity index (χ1n) is 7.32. The maximum absolute atomic E-state index is 5.80. The van der Waals surface area contributed by atoms with Crippen LogP contribution in [-0.4, -0.2) is 41.0 Å². The fourth-order valence-electron chi connectivity index (χ4n) is 2.17. The summed E-state index contributed by atoms with van der Waals surface area (Å²) < 4.78 is 0. The van der Waals surface area contributed by atoms with Gasteiger partial charge in [0.15, 0.2) is 5.82 Å². The van der Waals surface area contributed by atoms with E-state index in [2.05, 4.69) is 65.0 Å². The average molecular weight is 300 g/mol. The molecule has 0 aliphatic carbocycles. The number of rotatable bonds is 5. The van der Waals surface area contributed by atoms with Crippen LogP contribution in [0.5, 0.6) is 0 Å². The number of aryl methyl sites for hydroxylation is 1. The van der Waals surface area contributed by atoms with Gasteiger partial charge in [0.1, 0.15) is 0 Å². The van der Waals surface area contributed by atoms with Crippen LogP contribution in [0.3, 0.4) is 0 Å². The Bertz CT molecular complexity index is 640. The van der Waals surface area contributed by atoms with Gasteiger partial charge in [-0.15, -0.1) is 0 Å². The number of hydrogen-bond donors (Lipinski definition) is 1. The molecule has 0 aliphatic heterocycles. The fraction of sp³-hybridized carbons (Fsp3) is 0.438. The highest BCUT2D eigenvalue weighted by atomic mass is 15.3. The van der Waals surface area contributed by atoms with Crippen molar-refractivity contribution in [3.8, 4) is 0 Å². The highest BCUT2D eigenvalue weighted by molar-refractivity contribution is 5.33. The van der Waals surface area contributed by atoms with Crippen LogP contribution in [0.15, 0.2) is 24.3 Å². The summed E-state index contributed by atoms with van der Waals surface area (Å²) in [6.45, 7) is 5.03. The molecule has 6 nitrogen and oxygen atoms in total. The summed E-state index contributed by atoms with van der Waals surface area (Å²) in [6.07, 6.45) is 0. The molecule has 2 N–H and O–H groups in total. The molecule has 1 atom stereocenters. The van der Waals surface area contributed by atoms with Gasteiger partial charge in [-0.3, -0.25) is 4.90 Å².